The first-order valence-electron chi connectivity index (χ1n) is 7.23. The van der Waals surface area contributed by atoms with Crippen LogP contribution in [0.1, 0.15) is 23.8 Å². The summed E-state index contributed by atoms with van der Waals surface area (Å²) in [6, 6.07) is 2.85. The van der Waals surface area contributed by atoms with Crippen LogP contribution < -0.4 is 5.32 Å². The number of rotatable bonds is 3. The Morgan fingerprint density at radius 3 is 2.36 bits per heavy atom. The van der Waals surface area contributed by atoms with Crippen molar-refractivity contribution in [3.8, 4) is 0 Å². The Kier molecular flexibility index (Phi) is 9.80. The van der Waals surface area contributed by atoms with Gasteiger partial charge < -0.3 is 10.1 Å². The fourth-order valence-corrected chi connectivity index (χ4v) is 5.53. The summed E-state index contributed by atoms with van der Waals surface area (Å²) in [7, 11) is 0. The molecule has 2 saturated heterocycles. The zero-order chi connectivity index (χ0) is 13.9. The molecule has 1 atom stereocenters. The standard InChI is InChI=1S/C14H20Br2N2OS.2ClH/c15-11-9-12(20-14(11)16)13(10-1-7-19-8-2-10)18-5-3-17-4-6-18;;/h9-10,13,17H,1-8H2;2*1H/t13-;;/m1../s1. The Morgan fingerprint density at radius 2 is 1.82 bits per heavy atom. The molecule has 8 heteroatoms. The average molecular weight is 497 g/mol. The maximum absolute atomic E-state index is 5.56. The van der Waals surface area contributed by atoms with Gasteiger partial charge in [-0.25, -0.2) is 0 Å². The van der Waals surface area contributed by atoms with E-state index in [1.807, 2.05) is 11.3 Å². The second-order valence-corrected chi connectivity index (χ2v) is 8.71. The lowest BCUT2D eigenvalue weighted by atomic mass is 9.89. The summed E-state index contributed by atoms with van der Waals surface area (Å²) < 4.78 is 7.95. The number of hydrogen-bond acceptors (Lipinski definition) is 4. The largest absolute Gasteiger partial charge is 0.381 e. The monoisotopic (exact) mass is 494 g/mol. The first-order valence-corrected chi connectivity index (χ1v) is 9.63. The molecule has 0 bridgehead atoms. The van der Waals surface area contributed by atoms with Crippen LogP contribution in [0.4, 0.5) is 0 Å². The summed E-state index contributed by atoms with van der Waals surface area (Å²) >= 11 is 9.17. The van der Waals surface area contributed by atoms with Crippen LogP contribution >= 0.6 is 68.0 Å². The minimum atomic E-state index is 0. The van der Waals surface area contributed by atoms with Crippen molar-refractivity contribution in [3.63, 3.8) is 0 Å². The predicted octanol–water partition coefficient (Wildman–Crippen LogP) is 4.49. The summed E-state index contributed by atoms with van der Waals surface area (Å²) in [5.41, 5.74) is 0. The van der Waals surface area contributed by atoms with Crippen molar-refractivity contribution in [2.75, 3.05) is 39.4 Å². The van der Waals surface area contributed by atoms with E-state index in [-0.39, 0.29) is 24.8 Å². The van der Waals surface area contributed by atoms with E-state index < -0.39 is 0 Å². The average Bonchev–Trinajstić information content (AvgIpc) is 2.81. The Bertz CT molecular complexity index is 415. The van der Waals surface area contributed by atoms with Crippen LogP contribution in [0.25, 0.3) is 0 Å². The molecule has 0 aromatic carbocycles. The Balaban J connectivity index is 0.00000121. The molecule has 1 aromatic heterocycles. The normalized spacial score (nSPS) is 21.7. The zero-order valence-corrected chi connectivity index (χ0v) is 17.8. The zero-order valence-electron chi connectivity index (χ0n) is 12.2. The van der Waals surface area contributed by atoms with Gasteiger partial charge in [0.1, 0.15) is 0 Å². The van der Waals surface area contributed by atoms with Gasteiger partial charge in [0, 0.05) is 54.8 Å². The summed E-state index contributed by atoms with van der Waals surface area (Å²) in [4.78, 5) is 4.15. The van der Waals surface area contributed by atoms with Gasteiger partial charge in [-0.05, 0) is 56.7 Å². The summed E-state index contributed by atoms with van der Waals surface area (Å²) in [5.74, 6) is 0.722. The molecule has 0 spiro atoms. The van der Waals surface area contributed by atoms with Gasteiger partial charge in [0.2, 0.25) is 0 Å². The molecule has 2 aliphatic rings. The summed E-state index contributed by atoms with van der Waals surface area (Å²) in [5, 5.41) is 3.46. The quantitative estimate of drug-likeness (QED) is 0.667. The van der Waals surface area contributed by atoms with Crippen molar-refractivity contribution in [2.45, 2.75) is 18.9 Å². The molecule has 128 valence electrons. The minimum Gasteiger partial charge on any atom is -0.381 e. The van der Waals surface area contributed by atoms with E-state index in [4.69, 9.17) is 4.74 Å². The number of thiophene rings is 1. The highest BCUT2D eigenvalue weighted by atomic mass is 79.9. The van der Waals surface area contributed by atoms with Crippen molar-refractivity contribution in [1.29, 1.82) is 0 Å². The third-order valence-corrected chi connectivity index (χ3v) is 7.54. The lowest BCUT2D eigenvalue weighted by Gasteiger charge is -2.40. The molecule has 3 heterocycles. The first kappa shape index (κ1) is 21.2. The highest BCUT2D eigenvalue weighted by molar-refractivity contribution is 9.13. The topological polar surface area (TPSA) is 24.5 Å². The fraction of sp³-hybridized carbons (Fsp3) is 0.714. The third-order valence-electron chi connectivity index (χ3n) is 4.21. The molecule has 3 nitrogen and oxygen atoms in total. The maximum Gasteiger partial charge on any atom is 0.0843 e. The molecule has 22 heavy (non-hydrogen) atoms. The summed E-state index contributed by atoms with van der Waals surface area (Å²) in [6.07, 6.45) is 2.36. The SMILES string of the molecule is Brc1cc([C@@H](C2CCOCC2)N2CCNCC2)sc1Br.Cl.Cl. The van der Waals surface area contributed by atoms with Gasteiger partial charge in [-0.15, -0.1) is 36.2 Å². The molecule has 2 fully saturated rings. The van der Waals surface area contributed by atoms with Crippen molar-refractivity contribution in [2.24, 2.45) is 5.92 Å². The Labute approximate surface area is 165 Å². The third kappa shape index (κ3) is 5.06. The van der Waals surface area contributed by atoms with Crippen LogP contribution in [0.5, 0.6) is 0 Å². The molecule has 0 saturated carbocycles. The molecule has 0 radical (unpaired) electrons. The van der Waals surface area contributed by atoms with Gasteiger partial charge in [0.25, 0.3) is 0 Å². The number of ether oxygens (including phenoxy) is 1. The second-order valence-electron chi connectivity index (χ2n) is 5.45. The van der Waals surface area contributed by atoms with Crippen molar-refractivity contribution < 1.29 is 4.74 Å². The van der Waals surface area contributed by atoms with E-state index in [2.05, 4.69) is 48.1 Å². The van der Waals surface area contributed by atoms with Gasteiger partial charge in [0.05, 0.1) is 3.79 Å². The van der Waals surface area contributed by atoms with E-state index in [9.17, 15) is 0 Å². The molecule has 2 aliphatic heterocycles. The van der Waals surface area contributed by atoms with Crippen molar-refractivity contribution in [3.05, 3.63) is 19.2 Å². The highest BCUT2D eigenvalue weighted by Gasteiger charge is 2.32. The molecule has 0 aliphatic carbocycles. The summed E-state index contributed by atoms with van der Waals surface area (Å²) in [6.45, 7) is 6.34. The smallest absolute Gasteiger partial charge is 0.0843 e. The van der Waals surface area contributed by atoms with Crippen LogP contribution in [-0.2, 0) is 4.74 Å². The number of hydrogen-bond donors (Lipinski definition) is 1. The van der Waals surface area contributed by atoms with Crippen LogP contribution in [0.3, 0.4) is 0 Å². The van der Waals surface area contributed by atoms with Gasteiger partial charge in [-0.2, -0.15) is 0 Å². The number of piperazine rings is 1. The van der Waals surface area contributed by atoms with E-state index in [1.165, 1.54) is 26.0 Å². The fourth-order valence-electron chi connectivity index (χ4n) is 3.21. The molecular weight excluding hydrogens is 475 g/mol. The predicted molar refractivity (Wildman–Crippen MR) is 105 cm³/mol. The number of nitrogens with one attached hydrogen (secondary N) is 1. The lowest BCUT2D eigenvalue weighted by Crippen LogP contribution is -2.47. The molecule has 0 unspecified atom stereocenters. The second kappa shape index (κ2) is 10.2. The minimum absolute atomic E-state index is 0. The van der Waals surface area contributed by atoms with Crippen molar-refractivity contribution >= 4 is 68.0 Å². The highest BCUT2D eigenvalue weighted by Crippen LogP contribution is 2.42. The molecule has 3 rings (SSSR count). The van der Waals surface area contributed by atoms with Gasteiger partial charge >= 0.3 is 0 Å². The van der Waals surface area contributed by atoms with Crippen LogP contribution in [0.15, 0.2) is 14.3 Å². The Hall–Kier alpha value is 1.12. The number of nitrogens with zero attached hydrogens (tertiary/aromatic N) is 1. The van der Waals surface area contributed by atoms with E-state index in [0.29, 0.717) is 6.04 Å². The van der Waals surface area contributed by atoms with Crippen LogP contribution in [0, 0.1) is 5.92 Å². The van der Waals surface area contributed by atoms with Crippen LogP contribution in [-0.4, -0.2) is 44.3 Å². The molecule has 1 aromatic rings. The number of halogens is 4. The maximum atomic E-state index is 5.56. The van der Waals surface area contributed by atoms with E-state index >= 15 is 0 Å². The molecular formula is C14H22Br2Cl2N2OS. The van der Waals surface area contributed by atoms with E-state index in [0.717, 1.165) is 45.3 Å². The van der Waals surface area contributed by atoms with Gasteiger partial charge in [-0.3, -0.25) is 4.90 Å². The first-order chi connectivity index (χ1) is 9.75. The van der Waals surface area contributed by atoms with Crippen LogP contribution in [0.2, 0.25) is 0 Å². The van der Waals surface area contributed by atoms with E-state index in [1.54, 1.807) is 0 Å². The molecule has 0 amide bonds. The van der Waals surface area contributed by atoms with Gasteiger partial charge in [0.15, 0.2) is 0 Å². The Morgan fingerprint density at radius 1 is 1.18 bits per heavy atom. The lowest BCUT2D eigenvalue weighted by molar-refractivity contribution is 0.0223. The van der Waals surface area contributed by atoms with Gasteiger partial charge in [-0.1, -0.05) is 0 Å². The molecule has 1 N–H and O–H groups in total. The van der Waals surface area contributed by atoms with Crippen molar-refractivity contribution in [1.82, 2.24) is 10.2 Å².